The van der Waals surface area contributed by atoms with Crippen LogP contribution in [0.3, 0.4) is 0 Å². The van der Waals surface area contributed by atoms with Crippen molar-refractivity contribution in [2.24, 2.45) is 5.92 Å². The Balaban J connectivity index is 2.64. The Morgan fingerprint density at radius 3 is 2.84 bits per heavy atom. The highest BCUT2D eigenvalue weighted by atomic mass is 16.7. The van der Waals surface area contributed by atoms with Crippen molar-refractivity contribution in [1.82, 2.24) is 0 Å². The second-order valence-corrected chi connectivity index (χ2v) is 3.76. The predicted octanol–water partition coefficient (Wildman–Crippen LogP) is 0.183. The fourth-order valence-electron chi connectivity index (χ4n) is 1.52. The van der Waals surface area contributed by atoms with Crippen molar-refractivity contribution < 1.29 is 33.3 Å². The first-order chi connectivity index (χ1) is 8.99. The number of hydrogen-bond acceptors (Lipinski definition) is 7. The second kappa shape index (κ2) is 6.89. The summed E-state index contributed by atoms with van der Waals surface area (Å²) in [6.45, 7) is 6.69. The molecule has 106 valence electrons. The van der Waals surface area contributed by atoms with E-state index in [0.717, 1.165) is 6.08 Å². The standard InChI is InChI=1S/C12H16O7/c1-4-9(13)19-10-8(6-17-12(10)15)11(14)18-7(3)16-5-2/h4,7-8,10H,1,5-6H2,2-3H3. The lowest BCUT2D eigenvalue weighted by Crippen LogP contribution is -2.36. The van der Waals surface area contributed by atoms with Gasteiger partial charge in [-0.25, -0.2) is 9.59 Å². The van der Waals surface area contributed by atoms with Crippen LogP contribution in [0.25, 0.3) is 0 Å². The molecule has 0 aromatic carbocycles. The number of esters is 3. The average Bonchev–Trinajstić information content (AvgIpc) is 2.71. The maximum Gasteiger partial charge on any atom is 0.348 e. The summed E-state index contributed by atoms with van der Waals surface area (Å²) in [6.07, 6.45) is -1.15. The monoisotopic (exact) mass is 272 g/mol. The quantitative estimate of drug-likeness (QED) is 0.295. The zero-order chi connectivity index (χ0) is 14.4. The van der Waals surface area contributed by atoms with Gasteiger partial charge in [-0.05, 0) is 13.8 Å². The summed E-state index contributed by atoms with van der Waals surface area (Å²) >= 11 is 0. The van der Waals surface area contributed by atoms with Gasteiger partial charge in [0.2, 0.25) is 6.10 Å². The summed E-state index contributed by atoms with van der Waals surface area (Å²) < 4.78 is 19.5. The van der Waals surface area contributed by atoms with Crippen LogP contribution >= 0.6 is 0 Å². The molecular weight excluding hydrogens is 256 g/mol. The van der Waals surface area contributed by atoms with Gasteiger partial charge in [0.15, 0.2) is 6.29 Å². The second-order valence-electron chi connectivity index (χ2n) is 3.76. The molecule has 0 saturated carbocycles. The van der Waals surface area contributed by atoms with Crippen molar-refractivity contribution in [1.29, 1.82) is 0 Å². The van der Waals surface area contributed by atoms with E-state index in [-0.39, 0.29) is 6.61 Å². The minimum Gasteiger partial charge on any atom is -0.462 e. The van der Waals surface area contributed by atoms with Gasteiger partial charge in [0.1, 0.15) is 12.5 Å². The Morgan fingerprint density at radius 2 is 2.26 bits per heavy atom. The molecule has 1 saturated heterocycles. The van der Waals surface area contributed by atoms with Crippen molar-refractivity contribution >= 4 is 17.9 Å². The van der Waals surface area contributed by atoms with Crippen LogP contribution in [0.1, 0.15) is 13.8 Å². The zero-order valence-corrected chi connectivity index (χ0v) is 10.8. The van der Waals surface area contributed by atoms with E-state index in [1.807, 2.05) is 0 Å². The predicted molar refractivity (Wildman–Crippen MR) is 61.7 cm³/mol. The molecule has 1 heterocycles. The van der Waals surface area contributed by atoms with E-state index in [2.05, 4.69) is 6.58 Å². The zero-order valence-electron chi connectivity index (χ0n) is 10.8. The van der Waals surface area contributed by atoms with Crippen molar-refractivity contribution in [3.8, 4) is 0 Å². The highest BCUT2D eigenvalue weighted by Gasteiger charge is 2.45. The number of ether oxygens (including phenoxy) is 4. The van der Waals surface area contributed by atoms with Crippen molar-refractivity contribution in [2.45, 2.75) is 26.2 Å². The molecule has 0 aromatic rings. The lowest BCUT2D eigenvalue weighted by Gasteiger charge is -2.17. The minimum atomic E-state index is -1.30. The highest BCUT2D eigenvalue weighted by molar-refractivity contribution is 5.90. The number of cyclic esters (lactones) is 1. The molecular formula is C12H16O7. The average molecular weight is 272 g/mol. The van der Waals surface area contributed by atoms with E-state index < -0.39 is 36.2 Å². The van der Waals surface area contributed by atoms with Gasteiger partial charge in [-0.1, -0.05) is 6.58 Å². The van der Waals surface area contributed by atoms with Crippen LogP contribution in [0.4, 0.5) is 0 Å². The fraction of sp³-hybridized carbons (Fsp3) is 0.583. The summed E-state index contributed by atoms with van der Waals surface area (Å²) in [5.74, 6) is -3.28. The van der Waals surface area contributed by atoms with Gasteiger partial charge in [-0.3, -0.25) is 4.79 Å². The lowest BCUT2D eigenvalue weighted by molar-refractivity contribution is -0.182. The molecule has 3 unspecified atom stereocenters. The molecule has 0 spiro atoms. The SMILES string of the molecule is C=CC(=O)OC1C(=O)OCC1C(=O)OC(C)OCC. The van der Waals surface area contributed by atoms with Crippen LogP contribution < -0.4 is 0 Å². The Hall–Kier alpha value is -1.89. The van der Waals surface area contributed by atoms with Crippen LogP contribution in [0.5, 0.6) is 0 Å². The Kier molecular flexibility index (Phi) is 5.50. The number of rotatable bonds is 6. The molecule has 0 aliphatic carbocycles. The third-order valence-electron chi connectivity index (χ3n) is 2.40. The maximum atomic E-state index is 11.8. The molecule has 7 nitrogen and oxygen atoms in total. The van der Waals surface area contributed by atoms with Gasteiger partial charge in [-0.15, -0.1) is 0 Å². The van der Waals surface area contributed by atoms with Crippen LogP contribution in [-0.4, -0.2) is 43.5 Å². The Labute approximate surface area is 110 Å². The molecule has 0 aromatic heterocycles. The maximum absolute atomic E-state index is 11.8. The lowest BCUT2D eigenvalue weighted by atomic mass is 10.1. The van der Waals surface area contributed by atoms with Crippen LogP contribution in [0.2, 0.25) is 0 Å². The third-order valence-corrected chi connectivity index (χ3v) is 2.40. The molecule has 7 heteroatoms. The number of carbonyl (C=O) groups is 3. The van der Waals surface area contributed by atoms with Gasteiger partial charge in [0.05, 0.1) is 0 Å². The van der Waals surface area contributed by atoms with Crippen molar-refractivity contribution in [2.75, 3.05) is 13.2 Å². The number of carbonyl (C=O) groups excluding carboxylic acids is 3. The normalized spacial score (nSPS) is 23.4. The van der Waals surface area contributed by atoms with Gasteiger partial charge in [0.25, 0.3) is 0 Å². The van der Waals surface area contributed by atoms with Gasteiger partial charge >= 0.3 is 17.9 Å². The number of hydrogen-bond donors (Lipinski definition) is 0. The molecule has 0 N–H and O–H groups in total. The fourth-order valence-corrected chi connectivity index (χ4v) is 1.52. The summed E-state index contributed by atoms with van der Waals surface area (Å²) in [5, 5.41) is 0. The van der Waals surface area contributed by atoms with Gasteiger partial charge in [-0.2, -0.15) is 0 Å². The van der Waals surface area contributed by atoms with E-state index in [0.29, 0.717) is 6.61 Å². The Bertz CT molecular complexity index is 376. The van der Waals surface area contributed by atoms with E-state index in [1.54, 1.807) is 13.8 Å². The van der Waals surface area contributed by atoms with Crippen LogP contribution in [-0.2, 0) is 33.3 Å². The van der Waals surface area contributed by atoms with E-state index >= 15 is 0 Å². The largest absolute Gasteiger partial charge is 0.462 e. The highest BCUT2D eigenvalue weighted by Crippen LogP contribution is 2.21. The minimum absolute atomic E-state index is 0.189. The summed E-state index contributed by atoms with van der Waals surface area (Å²) in [4.78, 5) is 34.3. The Morgan fingerprint density at radius 1 is 1.58 bits per heavy atom. The molecule has 0 radical (unpaired) electrons. The molecule has 1 aliphatic heterocycles. The molecule has 0 amide bonds. The molecule has 1 rings (SSSR count). The van der Waals surface area contributed by atoms with E-state index in [4.69, 9.17) is 18.9 Å². The van der Waals surface area contributed by atoms with Crippen molar-refractivity contribution in [3.05, 3.63) is 12.7 Å². The summed E-state index contributed by atoms with van der Waals surface area (Å²) in [6, 6.07) is 0. The third kappa shape index (κ3) is 4.06. The molecule has 1 fully saturated rings. The molecule has 1 aliphatic rings. The van der Waals surface area contributed by atoms with Crippen molar-refractivity contribution in [3.63, 3.8) is 0 Å². The van der Waals surface area contributed by atoms with Gasteiger partial charge in [0, 0.05) is 12.7 Å². The summed E-state index contributed by atoms with van der Waals surface area (Å²) in [5.41, 5.74) is 0. The summed E-state index contributed by atoms with van der Waals surface area (Å²) in [7, 11) is 0. The molecule has 19 heavy (non-hydrogen) atoms. The van der Waals surface area contributed by atoms with E-state index in [9.17, 15) is 14.4 Å². The first-order valence-corrected chi connectivity index (χ1v) is 5.81. The van der Waals surface area contributed by atoms with Crippen LogP contribution in [0, 0.1) is 5.92 Å². The smallest absolute Gasteiger partial charge is 0.348 e. The topological polar surface area (TPSA) is 88.1 Å². The van der Waals surface area contributed by atoms with E-state index in [1.165, 1.54) is 0 Å². The first kappa shape index (κ1) is 15.2. The molecule has 0 bridgehead atoms. The first-order valence-electron chi connectivity index (χ1n) is 5.81. The molecule has 3 atom stereocenters. The van der Waals surface area contributed by atoms with Crippen LogP contribution in [0.15, 0.2) is 12.7 Å². The van der Waals surface area contributed by atoms with Gasteiger partial charge < -0.3 is 18.9 Å².